The van der Waals surface area contributed by atoms with Crippen LogP contribution in [-0.4, -0.2) is 14.3 Å². The highest BCUT2D eigenvalue weighted by Crippen LogP contribution is 2.11. The van der Waals surface area contributed by atoms with E-state index in [0.29, 0.717) is 0 Å². The SMILES string of the molecule is NC(=O)C#Cc1ccccc1S(N)(=O)=O. The van der Waals surface area contributed by atoms with Crippen LogP contribution in [0.2, 0.25) is 0 Å². The number of primary sulfonamides is 1. The van der Waals surface area contributed by atoms with Crippen LogP contribution in [0.1, 0.15) is 5.56 Å². The van der Waals surface area contributed by atoms with Gasteiger partial charge in [-0.25, -0.2) is 13.6 Å². The number of sulfonamides is 1. The van der Waals surface area contributed by atoms with Crippen LogP contribution in [0.3, 0.4) is 0 Å². The Morgan fingerprint density at radius 2 is 1.87 bits per heavy atom. The lowest BCUT2D eigenvalue weighted by Crippen LogP contribution is -2.14. The first kappa shape index (κ1) is 11.2. The third kappa shape index (κ3) is 3.09. The number of carbonyl (C=O) groups is 1. The minimum absolute atomic E-state index is 0.126. The van der Waals surface area contributed by atoms with Crippen molar-refractivity contribution in [2.75, 3.05) is 0 Å². The summed E-state index contributed by atoms with van der Waals surface area (Å²) in [6.07, 6.45) is 0. The Bertz CT molecular complexity index is 552. The van der Waals surface area contributed by atoms with Crippen molar-refractivity contribution in [2.24, 2.45) is 10.9 Å². The Morgan fingerprint density at radius 1 is 1.27 bits per heavy atom. The van der Waals surface area contributed by atoms with Gasteiger partial charge in [0.15, 0.2) is 0 Å². The molecule has 0 radical (unpaired) electrons. The minimum Gasteiger partial charge on any atom is -0.359 e. The van der Waals surface area contributed by atoms with Gasteiger partial charge in [0.2, 0.25) is 10.0 Å². The van der Waals surface area contributed by atoms with Gasteiger partial charge in [0, 0.05) is 11.5 Å². The summed E-state index contributed by atoms with van der Waals surface area (Å²) in [7, 11) is -3.84. The number of rotatable bonds is 1. The van der Waals surface area contributed by atoms with Crippen LogP contribution in [0.15, 0.2) is 29.2 Å². The maximum Gasteiger partial charge on any atom is 0.293 e. The Balaban J connectivity index is 3.34. The van der Waals surface area contributed by atoms with Gasteiger partial charge in [-0.05, 0) is 12.1 Å². The maximum atomic E-state index is 11.1. The highest BCUT2D eigenvalue weighted by atomic mass is 32.2. The molecule has 0 heterocycles. The number of hydrogen-bond acceptors (Lipinski definition) is 3. The average molecular weight is 224 g/mol. The molecule has 0 fully saturated rings. The molecule has 1 amide bonds. The van der Waals surface area contributed by atoms with Gasteiger partial charge in [-0.2, -0.15) is 0 Å². The van der Waals surface area contributed by atoms with Crippen molar-refractivity contribution in [1.29, 1.82) is 0 Å². The van der Waals surface area contributed by atoms with E-state index in [1.165, 1.54) is 18.2 Å². The van der Waals surface area contributed by atoms with Gasteiger partial charge >= 0.3 is 0 Å². The molecule has 1 rings (SSSR count). The van der Waals surface area contributed by atoms with Crippen LogP contribution in [-0.2, 0) is 14.8 Å². The first-order valence-electron chi connectivity index (χ1n) is 3.84. The zero-order valence-electron chi connectivity index (χ0n) is 7.60. The highest BCUT2D eigenvalue weighted by molar-refractivity contribution is 7.89. The first-order chi connectivity index (χ1) is 6.91. The largest absolute Gasteiger partial charge is 0.359 e. The first-order valence-corrected chi connectivity index (χ1v) is 5.39. The van der Waals surface area contributed by atoms with Crippen LogP contribution in [0, 0.1) is 11.8 Å². The molecule has 0 aliphatic carbocycles. The zero-order chi connectivity index (χ0) is 11.5. The summed E-state index contributed by atoms with van der Waals surface area (Å²) >= 11 is 0. The lowest BCUT2D eigenvalue weighted by atomic mass is 10.2. The van der Waals surface area contributed by atoms with Crippen molar-refractivity contribution >= 4 is 15.9 Å². The second-order valence-electron chi connectivity index (χ2n) is 2.66. The quantitative estimate of drug-likeness (QED) is 0.608. The maximum absolute atomic E-state index is 11.1. The number of primary amides is 1. The van der Waals surface area contributed by atoms with Gasteiger partial charge in [0.25, 0.3) is 5.91 Å². The van der Waals surface area contributed by atoms with Gasteiger partial charge < -0.3 is 5.73 Å². The summed E-state index contributed by atoms with van der Waals surface area (Å²) in [5, 5.41) is 4.95. The molecule has 0 saturated heterocycles. The van der Waals surface area contributed by atoms with E-state index < -0.39 is 15.9 Å². The predicted molar refractivity (Wildman–Crippen MR) is 53.9 cm³/mol. The minimum atomic E-state index is -3.84. The molecule has 5 nitrogen and oxygen atoms in total. The van der Waals surface area contributed by atoms with E-state index >= 15 is 0 Å². The molecule has 0 atom stereocenters. The summed E-state index contributed by atoms with van der Waals surface area (Å²) in [5.74, 6) is 3.54. The molecule has 1 aromatic rings. The molecular formula is C9H8N2O3S. The Morgan fingerprint density at radius 3 is 2.40 bits per heavy atom. The topological polar surface area (TPSA) is 103 Å². The Hall–Kier alpha value is -1.84. The predicted octanol–water partition coefficient (Wildman–Crippen LogP) is -0.829. The molecule has 78 valence electrons. The van der Waals surface area contributed by atoms with Gasteiger partial charge in [0.05, 0.1) is 4.90 Å². The number of benzene rings is 1. The summed E-state index contributed by atoms with van der Waals surface area (Å²) < 4.78 is 22.2. The fourth-order valence-corrected chi connectivity index (χ4v) is 1.64. The standard InChI is InChI=1S/C9H8N2O3S/c10-9(12)6-5-7-3-1-2-4-8(7)15(11,13)14/h1-4H,(H2,10,12)(H2,11,13,14). The third-order valence-corrected chi connectivity index (χ3v) is 2.48. The molecule has 0 aliphatic heterocycles. The molecular weight excluding hydrogens is 216 g/mol. The summed E-state index contributed by atoms with van der Waals surface area (Å²) in [4.78, 5) is 10.3. The van der Waals surface area contributed by atoms with Crippen LogP contribution in [0.25, 0.3) is 0 Å². The average Bonchev–Trinajstić information content (AvgIpc) is 2.13. The molecule has 15 heavy (non-hydrogen) atoms. The molecule has 0 spiro atoms. The summed E-state index contributed by atoms with van der Waals surface area (Å²) in [6, 6.07) is 5.84. The second kappa shape index (κ2) is 4.13. The lowest BCUT2D eigenvalue weighted by molar-refractivity contribution is -0.112. The van der Waals surface area contributed by atoms with E-state index in [-0.39, 0.29) is 10.5 Å². The van der Waals surface area contributed by atoms with E-state index in [1.54, 1.807) is 6.07 Å². The van der Waals surface area contributed by atoms with Gasteiger partial charge in [-0.3, -0.25) is 4.79 Å². The Labute approximate surface area is 87.1 Å². The van der Waals surface area contributed by atoms with Crippen molar-refractivity contribution in [2.45, 2.75) is 4.90 Å². The molecule has 1 aromatic carbocycles. The van der Waals surface area contributed by atoms with E-state index in [2.05, 4.69) is 5.92 Å². The molecule has 0 aromatic heterocycles. The Kier molecular flexibility index (Phi) is 3.09. The number of amides is 1. The van der Waals surface area contributed by atoms with E-state index in [0.717, 1.165) is 0 Å². The van der Waals surface area contributed by atoms with Gasteiger partial charge in [-0.15, -0.1) is 0 Å². The molecule has 0 bridgehead atoms. The molecule has 0 unspecified atom stereocenters. The van der Waals surface area contributed by atoms with Gasteiger partial charge in [0.1, 0.15) is 0 Å². The van der Waals surface area contributed by atoms with E-state index in [1.807, 2.05) is 5.92 Å². The molecule has 6 heteroatoms. The monoisotopic (exact) mass is 224 g/mol. The van der Waals surface area contributed by atoms with E-state index in [9.17, 15) is 13.2 Å². The summed E-state index contributed by atoms with van der Waals surface area (Å²) in [5.41, 5.74) is 4.96. The van der Waals surface area contributed by atoms with Crippen LogP contribution < -0.4 is 10.9 Å². The molecule has 0 saturated carbocycles. The summed E-state index contributed by atoms with van der Waals surface area (Å²) in [6.45, 7) is 0. The van der Waals surface area contributed by atoms with Crippen LogP contribution >= 0.6 is 0 Å². The third-order valence-electron chi connectivity index (χ3n) is 1.51. The van der Waals surface area contributed by atoms with Crippen LogP contribution in [0.5, 0.6) is 0 Å². The number of carbonyl (C=O) groups excluding carboxylic acids is 1. The fourth-order valence-electron chi connectivity index (χ4n) is 0.947. The lowest BCUT2D eigenvalue weighted by Gasteiger charge is -1.99. The fraction of sp³-hybridized carbons (Fsp3) is 0. The number of nitrogens with two attached hydrogens (primary N) is 2. The normalized spacial score (nSPS) is 10.2. The van der Waals surface area contributed by atoms with Crippen molar-refractivity contribution < 1.29 is 13.2 Å². The number of hydrogen-bond donors (Lipinski definition) is 2. The smallest absolute Gasteiger partial charge is 0.293 e. The van der Waals surface area contributed by atoms with Crippen molar-refractivity contribution in [1.82, 2.24) is 0 Å². The second-order valence-corrected chi connectivity index (χ2v) is 4.19. The van der Waals surface area contributed by atoms with Gasteiger partial charge in [-0.1, -0.05) is 18.1 Å². The zero-order valence-corrected chi connectivity index (χ0v) is 8.41. The highest BCUT2D eigenvalue weighted by Gasteiger charge is 2.11. The van der Waals surface area contributed by atoms with E-state index in [4.69, 9.17) is 10.9 Å². The van der Waals surface area contributed by atoms with Crippen LogP contribution in [0.4, 0.5) is 0 Å². The van der Waals surface area contributed by atoms with Crippen molar-refractivity contribution in [3.05, 3.63) is 29.8 Å². The molecule has 4 N–H and O–H groups in total. The van der Waals surface area contributed by atoms with Crippen molar-refractivity contribution in [3.63, 3.8) is 0 Å². The van der Waals surface area contributed by atoms with Crippen molar-refractivity contribution in [3.8, 4) is 11.8 Å². The molecule has 0 aliphatic rings.